The number of esters is 1. The molecule has 0 aliphatic carbocycles. The number of rotatable bonds is 7. The number of fused-ring (bicyclic) bond motifs is 5. The fraction of sp³-hybridized carbons (Fsp3) is 0.486. The zero-order chi connectivity index (χ0) is 37.8. The number of hydrogen-bond donors (Lipinski definition) is 2. The lowest BCUT2D eigenvalue weighted by Crippen LogP contribution is -2.63. The molecule has 2 aromatic rings. The first-order valence-corrected chi connectivity index (χ1v) is 17.3. The third kappa shape index (κ3) is 8.38. The van der Waals surface area contributed by atoms with Crippen molar-refractivity contribution in [3.05, 3.63) is 92.4 Å². The van der Waals surface area contributed by atoms with Crippen molar-refractivity contribution in [2.75, 3.05) is 32.7 Å². The van der Waals surface area contributed by atoms with E-state index in [2.05, 4.69) is 15.3 Å². The Hall–Kier alpha value is -4.59. The fourth-order valence-electron chi connectivity index (χ4n) is 6.83. The van der Waals surface area contributed by atoms with Gasteiger partial charge in [0, 0.05) is 38.0 Å². The maximum atomic E-state index is 14.1. The van der Waals surface area contributed by atoms with E-state index in [0.29, 0.717) is 24.3 Å². The van der Waals surface area contributed by atoms with E-state index in [4.69, 9.17) is 40.8 Å². The van der Waals surface area contributed by atoms with Gasteiger partial charge in [0.15, 0.2) is 5.72 Å². The number of aliphatic hydroxyl groups is 1. The summed E-state index contributed by atoms with van der Waals surface area (Å²) in [6.45, 7) is 5.75. The first-order chi connectivity index (χ1) is 24.7. The average molecular weight is 738 g/mol. The van der Waals surface area contributed by atoms with Crippen LogP contribution in [-0.4, -0.2) is 86.6 Å². The molecule has 2 saturated heterocycles. The van der Waals surface area contributed by atoms with Crippen LogP contribution >= 0.6 is 11.6 Å². The summed E-state index contributed by atoms with van der Waals surface area (Å²) >= 11 is 6.75. The van der Waals surface area contributed by atoms with E-state index >= 15 is 0 Å². The number of anilines is 1. The second-order valence-electron chi connectivity index (χ2n) is 13.6. The van der Waals surface area contributed by atoms with Gasteiger partial charge in [0.05, 0.1) is 30.9 Å². The van der Waals surface area contributed by atoms with Gasteiger partial charge in [-0.2, -0.15) is 0 Å². The van der Waals surface area contributed by atoms with Gasteiger partial charge in [-0.15, -0.1) is 0 Å². The van der Waals surface area contributed by atoms with Crippen LogP contribution < -0.4 is 15.0 Å². The van der Waals surface area contributed by atoms with Gasteiger partial charge in [0.25, 0.3) is 0 Å². The lowest BCUT2D eigenvalue weighted by molar-refractivity contribution is -0.142. The molecule has 3 heterocycles. The van der Waals surface area contributed by atoms with Crippen molar-refractivity contribution in [3.63, 3.8) is 0 Å². The minimum atomic E-state index is -1.81. The van der Waals surface area contributed by atoms with E-state index in [0.717, 1.165) is 16.7 Å². The molecule has 15 heteroatoms. The first kappa shape index (κ1) is 38.6. The van der Waals surface area contributed by atoms with Crippen molar-refractivity contribution in [3.8, 4) is 5.75 Å². The lowest BCUT2D eigenvalue weighted by Gasteiger charge is -2.42. The van der Waals surface area contributed by atoms with E-state index in [-0.39, 0.29) is 30.0 Å². The molecule has 4 bridgehead atoms. The van der Waals surface area contributed by atoms with Crippen LogP contribution in [0.15, 0.2) is 65.3 Å². The van der Waals surface area contributed by atoms with Crippen LogP contribution in [0.2, 0.25) is 5.02 Å². The summed E-state index contributed by atoms with van der Waals surface area (Å²) in [5.41, 5.74) is 8.84. The highest BCUT2D eigenvalue weighted by molar-refractivity contribution is 6.35. The van der Waals surface area contributed by atoms with E-state index in [1.807, 2.05) is 19.9 Å². The number of nitrogens with one attached hydrogen (secondary N) is 1. The van der Waals surface area contributed by atoms with E-state index in [1.165, 1.54) is 19.1 Å². The molecule has 278 valence electrons. The van der Waals surface area contributed by atoms with Crippen LogP contribution in [0, 0.1) is 5.92 Å². The number of nitrogens with zero attached hydrogens (tertiary/aromatic N) is 4. The monoisotopic (exact) mass is 737 g/mol. The number of hydrogen-bond acceptors (Lipinski definition) is 10. The number of carbonyl (C=O) groups is 3. The summed E-state index contributed by atoms with van der Waals surface area (Å²) in [6, 6.07) is 10.3. The third-order valence-electron chi connectivity index (χ3n) is 9.95. The van der Waals surface area contributed by atoms with Gasteiger partial charge in [-0.3, -0.25) is 10.1 Å². The molecule has 14 nitrogen and oxygen atoms in total. The van der Waals surface area contributed by atoms with Gasteiger partial charge >= 0.3 is 12.1 Å². The molecule has 3 aliphatic rings. The van der Waals surface area contributed by atoms with E-state index in [1.54, 1.807) is 62.5 Å². The molecule has 3 aliphatic heterocycles. The lowest BCUT2D eigenvalue weighted by atomic mass is 9.83. The summed E-state index contributed by atoms with van der Waals surface area (Å²) in [5, 5.41) is 18.0. The first-order valence-electron chi connectivity index (χ1n) is 16.9. The number of azide groups is 1. The largest absolute Gasteiger partial charge is 0.495 e. The van der Waals surface area contributed by atoms with Gasteiger partial charge < -0.3 is 33.7 Å². The molecule has 2 fully saturated rings. The fourth-order valence-corrected chi connectivity index (χ4v) is 7.15. The number of methoxy groups -OCH3 is 2. The van der Waals surface area contributed by atoms with Crippen molar-refractivity contribution in [1.82, 2.24) is 5.32 Å². The van der Waals surface area contributed by atoms with Crippen LogP contribution in [0.25, 0.3) is 10.4 Å². The normalized spacial score (nSPS) is 30.7. The van der Waals surface area contributed by atoms with Gasteiger partial charge in [0.2, 0.25) is 5.91 Å². The zero-order valence-electron chi connectivity index (χ0n) is 30.0. The second-order valence-corrected chi connectivity index (χ2v) is 14.0. The Morgan fingerprint density at radius 2 is 1.96 bits per heavy atom. The van der Waals surface area contributed by atoms with Crippen molar-refractivity contribution in [1.29, 1.82) is 0 Å². The number of alkyl carbamates (subject to hydrolysis) is 1. The Balaban J connectivity index is 1.53. The molecule has 52 heavy (non-hydrogen) atoms. The minimum absolute atomic E-state index is 0.0380. The SMILES string of the molecule is COc1cc2cc(c1Cl)N(C)C(=O)C[C@H](OC(=O)c1ccc(CCN=[N+]=[N-])cc1)[C@]1(C)O[C@H]1[C@H](C)[C@@H]1C[C@@](O)(NC(=O)O1)[C@H](OC)/C=C/C=C(\C)C2. The van der Waals surface area contributed by atoms with E-state index in [9.17, 15) is 19.5 Å². The van der Waals surface area contributed by atoms with Crippen LogP contribution in [0.1, 0.15) is 55.1 Å². The second kappa shape index (κ2) is 16.0. The number of epoxide rings is 1. The number of halogens is 1. The topological polar surface area (TPSA) is 185 Å². The van der Waals surface area contributed by atoms with Crippen LogP contribution in [0.5, 0.6) is 5.75 Å². The highest BCUT2D eigenvalue weighted by Crippen LogP contribution is 2.49. The van der Waals surface area contributed by atoms with Gasteiger partial charge in [0.1, 0.15) is 34.7 Å². The summed E-state index contributed by atoms with van der Waals surface area (Å²) in [7, 11) is 4.52. The number of allylic oxidation sites excluding steroid dienone is 3. The zero-order valence-corrected chi connectivity index (χ0v) is 30.8. The number of amides is 2. The minimum Gasteiger partial charge on any atom is -0.495 e. The third-order valence-corrected chi connectivity index (χ3v) is 10.3. The van der Waals surface area contributed by atoms with Gasteiger partial charge in [-0.1, -0.05) is 59.6 Å². The van der Waals surface area contributed by atoms with Crippen molar-refractivity contribution in [2.45, 2.75) is 82.2 Å². The molecule has 0 spiro atoms. The van der Waals surface area contributed by atoms with E-state index < -0.39 is 59.6 Å². The quantitative estimate of drug-likeness (QED) is 0.116. The summed E-state index contributed by atoms with van der Waals surface area (Å²) in [4.78, 5) is 44.7. The van der Waals surface area contributed by atoms with Crippen LogP contribution in [-0.2, 0) is 36.6 Å². The molecule has 2 aromatic carbocycles. The Kier molecular flexibility index (Phi) is 11.9. The molecule has 0 saturated carbocycles. The maximum absolute atomic E-state index is 14.1. The Morgan fingerprint density at radius 1 is 1.23 bits per heavy atom. The standard InChI is InChI=1S/C37H44ClN5O9/c1-21-8-7-9-29(49-6)37(47)20-28(50-35(46)41-37)22(2)33-36(3,52-33)30(51-34(45)25-12-10-23(11-13-25)14-15-40-42-39)19-31(44)43(4)26-17-24(16-21)18-27(48-5)32(26)38/h7-13,17-18,22,28-30,33,47H,14-16,19-20H2,1-6H3,(H,41,46)/b9-7+,21-8+/t22-,28+,29-,30+,33+,36+,37+/m1/s1. The predicted octanol–water partition coefficient (Wildman–Crippen LogP) is 5.83. The maximum Gasteiger partial charge on any atom is 0.409 e. The Morgan fingerprint density at radius 3 is 2.63 bits per heavy atom. The molecule has 0 radical (unpaired) electrons. The molecule has 0 unspecified atom stereocenters. The molecule has 2 amide bonds. The highest BCUT2D eigenvalue weighted by atomic mass is 35.5. The number of carbonyl (C=O) groups excluding carboxylic acids is 3. The summed E-state index contributed by atoms with van der Waals surface area (Å²) < 4.78 is 29.2. The van der Waals surface area contributed by atoms with Crippen molar-refractivity contribution >= 4 is 35.3 Å². The molecule has 2 N–H and O–H groups in total. The van der Waals surface area contributed by atoms with Crippen LogP contribution in [0.3, 0.4) is 0 Å². The number of benzene rings is 2. The highest BCUT2D eigenvalue weighted by Gasteiger charge is 2.64. The summed E-state index contributed by atoms with van der Waals surface area (Å²) in [5.74, 6) is -1.21. The van der Waals surface area contributed by atoms with Crippen molar-refractivity contribution < 1.29 is 43.2 Å². The number of ether oxygens (including phenoxy) is 5. The molecule has 5 rings (SSSR count). The molecular weight excluding hydrogens is 694 g/mol. The average Bonchev–Trinajstić information content (AvgIpc) is 3.81. The Bertz CT molecular complexity index is 1800. The predicted molar refractivity (Wildman–Crippen MR) is 192 cm³/mol. The van der Waals surface area contributed by atoms with Gasteiger partial charge in [-0.25, -0.2) is 9.59 Å². The van der Waals surface area contributed by atoms with Crippen molar-refractivity contribution in [2.24, 2.45) is 11.0 Å². The summed E-state index contributed by atoms with van der Waals surface area (Å²) in [6.07, 6.45) is 1.61. The smallest absolute Gasteiger partial charge is 0.409 e. The Labute approximate surface area is 307 Å². The molecule has 0 aromatic heterocycles. The van der Waals surface area contributed by atoms with Gasteiger partial charge in [-0.05, 0) is 67.6 Å². The van der Waals surface area contributed by atoms with Crippen LogP contribution in [0.4, 0.5) is 10.5 Å². The molecule has 7 atom stereocenters. The molecular formula is C37H44ClN5O9.